The summed E-state index contributed by atoms with van der Waals surface area (Å²) in [5.74, 6) is 1.40. The Labute approximate surface area is 128 Å². The topological polar surface area (TPSA) is 28.6 Å². The van der Waals surface area contributed by atoms with E-state index < -0.39 is 0 Å². The molecule has 2 fully saturated rings. The molecule has 0 bridgehead atoms. The lowest BCUT2D eigenvalue weighted by Crippen LogP contribution is -2.72. The fraction of sp³-hybridized carbons (Fsp3) is 0.706. The summed E-state index contributed by atoms with van der Waals surface area (Å²) in [6, 6.07) is 6.50. The van der Waals surface area contributed by atoms with Crippen LogP contribution < -0.4 is 4.74 Å². The zero-order chi connectivity index (χ0) is 14.9. The van der Waals surface area contributed by atoms with E-state index in [0.717, 1.165) is 12.5 Å². The monoisotopic (exact) mass is 289 g/mol. The molecule has 3 heterocycles. The van der Waals surface area contributed by atoms with Gasteiger partial charge in [0.05, 0.1) is 6.61 Å². The maximum absolute atomic E-state index is 5.87. The zero-order valence-electron chi connectivity index (χ0n) is 13.5. The van der Waals surface area contributed by atoms with Gasteiger partial charge in [-0.15, -0.1) is 0 Å². The fourth-order valence-corrected chi connectivity index (χ4v) is 3.63. The van der Waals surface area contributed by atoms with Crippen LogP contribution in [0.15, 0.2) is 24.4 Å². The lowest BCUT2D eigenvalue weighted by Gasteiger charge is -2.60. The van der Waals surface area contributed by atoms with Gasteiger partial charge in [0.15, 0.2) is 0 Å². The molecule has 116 valence electrons. The minimum atomic E-state index is 0.390. The average Bonchev–Trinajstić information content (AvgIpc) is 2.45. The Hall–Kier alpha value is -1.13. The summed E-state index contributed by atoms with van der Waals surface area (Å²) in [4.78, 5) is 9.38. The number of piperidine rings is 1. The van der Waals surface area contributed by atoms with E-state index in [1.165, 1.54) is 32.5 Å². The first kappa shape index (κ1) is 14.8. The highest BCUT2D eigenvalue weighted by Gasteiger charge is 2.49. The molecule has 0 radical (unpaired) electrons. The second kappa shape index (κ2) is 5.93. The van der Waals surface area contributed by atoms with Crippen molar-refractivity contribution in [2.75, 3.05) is 33.3 Å². The van der Waals surface area contributed by atoms with Crippen molar-refractivity contribution in [2.45, 2.75) is 38.3 Å². The summed E-state index contributed by atoms with van der Waals surface area (Å²) in [6.45, 7) is 8.98. The predicted octanol–water partition coefficient (Wildman–Crippen LogP) is 2.27. The number of nitrogens with zero attached hydrogens (tertiary/aromatic N) is 3. The van der Waals surface area contributed by atoms with Gasteiger partial charge in [0.1, 0.15) is 0 Å². The van der Waals surface area contributed by atoms with Crippen LogP contribution >= 0.6 is 0 Å². The number of ether oxygens (including phenoxy) is 1. The number of likely N-dealkylation sites (N-methyl/N-ethyl adjacent to an activating group) is 1. The van der Waals surface area contributed by atoms with E-state index in [9.17, 15) is 0 Å². The van der Waals surface area contributed by atoms with Crippen LogP contribution in [0.2, 0.25) is 0 Å². The second-order valence-corrected chi connectivity index (χ2v) is 6.98. The lowest BCUT2D eigenvalue weighted by atomic mass is 9.75. The van der Waals surface area contributed by atoms with Gasteiger partial charge in [-0.2, -0.15) is 0 Å². The van der Waals surface area contributed by atoms with Crippen LogP contribution in [0.1, 0.15) is 26.7 Å². The molecule has 0 saturated carbocycles. The van der Waals surface area contributed by atoms with E-state index in [1.807, 2.05) is 18.2 Å². The summed E-state index contributed by atoms with van der Waals surface area (Å²) in [5.41, 5.74) is 0.390. The van der Waals surface area contributed by atoms with E-state index in [1.54, 1.807) is 6.20 Å². The minimum absolute atomic E-state index is 0.390. The van der Waals surface area contributed by atoms with E-state index in [2.05, 4.69) is 35.7 Å². The summed E-state index contributed by atoms with van der Waals surface area (Å²) in [6.07, 6.45) is 4.27. The summed E-state index contributed by atoms with van der Waals surface area (Å²) in [7, 11) is 2.29. The third kappa shape index (κ3) is 3.06. The van der Waals surface area contributed by atoms with Crippen LogP contribution in [0.5, 0.6) is 5.88 Å². The molecule has 0 N–H and O–H groups in total. The highest BCUT2D eigenvalue weighted by atomic mass is 16.5. The largest absolute Gasteiger partial charge is 0.477 e. The van der Waals surface area contributed by atoms with Crippen molar-refractivity contribution in [3.8, 4) is 5.88 Å². The summed E-state index contributed by atoms with van der Waals surface area (Å²) in [5, 5.41) is 0. The molecule has 2 saturated heterocycles. The van der Waals surface area contributed by atoms with Gasteiger partial charge >= 0.3 is 0 Å². The predicted molar refractivity (Wildman–Crippen MR) is 84.5 cm³/mol. The first-order valence-corrected chi connectivity index (χ1v) is 8.08. The Kier molecular flexibility index (Phi) is 4.18. The number of aromatic nitrogens is 1. The van der Waals surface area contributed by atoms with Crippen LogP contribution in [0.25, 0.3) is 0 Å². The van der Waals surface area contributed by atoms with E-state index in [4.69, 9.17) is 4.74 Å². The lowest BCUT2D eigenvalue weighted by molar-refractivity contribution is -0.0954. The quantitative estimate of drug-likeness (QED) is 0.850. The van der Waals surface area contributed by atoms with Gasteiger partial charge in [-0.25, -0.2) is 4.98 Å². The van der Waals surface area contributed by atoms with Crippen LogP contribution in [0.4, 0.5) is 0 Å². The Balaban J connectivity index is 1.54. The van der Waals surface area contributed by atoms with Crippen molar-refractivity contribution in [3.05, 3.63) is 24.4 Å². The minimum Gasteiger partial charge on any atom is -0.477 e. The standard InChI is InChI=1S/C17H27N3O/c1-14(2)20-12-17(13-20)10-15(7-9-19(17)3)11-21-16-6-4-5-8-18-16/h4-6,8,14-15H,7,9-13H2,1-3H3. The number of pyridine rings is 1. The van der Waals surface area contributed by atoms with Gasteiger partial charge < -0.3 is 4.74 Å². The first-order chi connectivity index (χ1) is 10.1. The molecular weight excluding hydrogens is 262 g/mol. The van der Waals surface area contributed by atoms with Gasteiger partial charge in [-0.3, -0.25) is 9.80 Å². The molecule has 1 spiro atoms. The second-order valence-electron chi connectivity index (χ2n) is 6.98. The van der Waals surface area contributed by atoms with E-state index in [0.29, 0.717) is 17.5 Å². The normalized spacial score (nSPS) is 26.0. The van der Waals surface area contributed by atoms with Crippen LogP contribution in [-0.4, -0.2) is 59.7 Å². The molecule has 1 aromatic rings. The van der Waals surface area contributed by atoms with Crippen LogP contribution in [0, 0.1) is 5.92 Å². The molecule has 1 aromatic heterocycles. The number of hydrogen-bond acceptors (Lipinski definition) is 4. The maximum Gasteiger partial charge on any atom is 0.213 e. The van der Waals surface area contributed by atoms with Crippen molar-refractivity contribution >= 4 is 0 Å². The molecule has 2 aliphatic heterocycles. The SMILES string of the molecule is CC(C)N1CC2(CC(COc3ccccn3)CCN2C)C1. The number of hydrogen-bond donors (Lipinski definition) is 0. The summed E-state index contributed by atoms with van der Waals surface area (Å²) >= 11 is 0. The molecule has 0 aliphatic carbocycles. The number of likely N-dealkylation sites (tertiary alicyclic amines) is 2. The first-order valence-electron chi connectivity index (χ1n) is 8.08. The van der Waals surface area contributed by atoms with Crippen molar-refractivity contribution in [2.24, 2.45) is 5.92 Å². The molecule has 4 heteroatoms. The molecule has 21 heavy (non-hydrogen) atoms. The molecule has 1 unspecified atom stereocenters. The highest BCUT2D eigenvalue weighted by Crippen LogP contribution is 2.39. The van der Waals surface area contributed by atoms with Gasteiger partial charge in [-0.05, 0) is 52.3 Å². The molecule has 0 aromatic carbocycles. The van der Waals surface area contributed by atoms with Crippen molar-refractivity contribution in [3.63, 3.8) is 0 Å². The van der Waals surface area contributed by atoms with E-state index >= 15 is 0 Å². The molecule has 3 rings (SSSR count). The molecule has 1 atom stereocenters. The fourth-order valence-electron chi connectivity index (χ4n) is 3.63. The van der Waals surface area contributed by atoms with Gasteiger partial charge in [0, 0.05) is 36.9 Å². The van der Waals surface area contributed by atoms with Crippen LogP contribution in [0.3, 0.4) is 0 Å². The van der Waals surface area contributed by atoms with Crippen molar-refractivity contribution in [1.82, 2.24) is 14.8 Å². The third-order valence-electron chi connectivity index (χ3n) is 5.18. The van der Waals surface area contributed by atoms with Crippen molar-refractivity contribution < 1.29 is 4.74 Å². The highest BCUT2D eigenvalue weighted by molar-refractivity contribution is 5.10. The Bertz CT molecular complexity index is 456. The Morgan fingerprint density at radius 1 is 1.38 bits per heavy atom. The third-order valence-corrected chi connectivity index (χ3v) is 5.18. The Morgan fingerprint density at radius 2 is 2.19 bits per heavy atom. The van der Waals surface area contributed by atoms with Gasteiger partial charge in [0.25, 0.3) is 0 Å². The smallest absolute Gasteiger partial charge is 0.213 e. The number of rotatable bonds is 4. The van der Waals surface area contributed by atoms with Crippen molar-refractivity contribution in [1.29, 1.82) is 0 Å². The maximum atomic E-state index is 5.87. The zero-order valence-corrected chi connectivity index (χ0v) is 13.5. The average molecular weight is 289 g/mol. The van der Waals surface area contributed by atoms with Gasteiger partial charge in [0.2, 0.25) is 5.88 Å². The van der Waals surface area contributed by atoms with Gasteiger partial charge in [-0.1, -0.05) is 6.07 Å². The Morgan fingerprint density at radius 3 is 2.86 bits per heavy atom. The molecule has 2 aliphatic rings. The summed E-state index contributed by atoms with van der Waals surface area (Å²) < 4.78 is 5.87. The van der Waals surface area contributed by atoms with Crippen LogP contribution in [-0.2, 0) is 0 Å². The molecule has 0 amide bonds. The molecule has 4 nitrogen and oxygen atoms in total. The molecular formula is C17H27N3O. The van der Waals surface area contributed by atoms with E-state index in [-0.39, 0.29) is 0 Å².